The molecule has 1 saturated carbocycles. The predicted molar refractivity (Wildman–Crippen MR) is 88.2 cm³/mol. The molecule has 5 heteroatoms. The number of carbonyl (C=O) groups excluding carboxylic acids is 1. The molecular weight excluding hydrogens is 292 g/mol. The van der Waals surface area contributed by atoms with E-state index in [-0.39, 0.29) is 17.5 Å². The molecule has 0 aromatic heterocycles. The van der Waals surface area contributed by atoms with Crippen LogP contribution < -0.4 is 14.8 Å². The Bertz CT molecular complexity index is 626. The lowest BCUT2D eigenvalue weighted by Gasteiger charge is -2.22. The van der Waals surface area contributed by atoms with Crippen LogP contribution in [0.3, 0.4) is 0 Å². The monoisotopic (exact) mass is 314 g/mol. The van der Waals surface area contributed by atoms with Gasteiger partial charge in [0, 0.05) is 11.6 Å². The van der Waals surface area contributed by atoms with Crippen LogP contribution in [0.5, 0.6) is 11.5 Å². The van der Waals surface area contributed by atoms with Crippen molar-refractivity contribution in [1.29, 1.82) is 5.26 Å². The molecular formula is C18H22N2O3. The maximum Gasteiger partial charge on any atom is 0.262 e. The number of hydrogen-bond acceptors (Lipinski definition) is 4. The summed E-state index contributed by atoms with van der Waals surface area (Å²) in [5, 5.41) is 12.3. The number of ether oxygens (including phenoxy) is 2. The molecule has 122 valence electrons. The number of nitrogens with one attached hydrogen (secondary N) is 1. The lowest BCUT2D eigenvalue weighted by Crippen LogP contribution is -2.36. The van der Waals surface area contributed by atoms with E-state index in [1.807, 2.05) is 6.07 Å². The van der Waals surface area contributed by atoms with E-state index in [0.717, 1.165) is 25.7 Å². The normalized spacial score (nSPS) is 15.6. The second kappa shape index (κ2) is 8.23. The third-order valence-electron chi connectivity index (χ3n) is 4.04. The Morgan fingerprint density at radius 2 is 2.00 bits per heavy atom. The van der Waals surface area contributed by atoms with Gasteiger partial charge < -0.3 is 14.8 Å². The zero-order chi connectivity index (χ0) is 16.7. The molecule has 1 fully saturated rings. The highest BCUT2D eigenvalue weighted by molar-refractivity contribution is 6.02. The van der Waals surface area contributed by atoms with Gasteiger partial charge in [0.1, 0.15) is 11.6 Å². The predicted octanol–water partition coefficient (Wildman–Crippen LogP) is 3.06. The second-order valence-electron chi connectivity index (χ2n) is 5.56. The van der Waals surface area contributed by atoms with Gasteiger partial charge in [-0.1, -0.05) is 31.4 Å². The Morgan fingerprint density at radius 3 is 2.61 bits per heavy atom. The van der Waals surface area contributed by atoms with E-state index in [1.165, 1.54) is 13.5 Å². The lowest BCUT2D eigenvalue weighted by molar-refractivity contribution is -0.117. The fourth-order valence-electron chi connectivity index (χ4n) is 2.84. The van der Waals surface area contributed by atoms with E-state index in [4.69, 9.17) is 9.47 Å². The van der Waals surface area contributed by atoms with Crippen molar-refractivity contribution in [1.82, 2.24) is 5.32 Å². The number of carbonyl (C=O) groups is 1. The van der Waals surface area contributed by atoms with Gasteiger partial charge in [-0.05, 0) is 25.0 Å². The van der Waals surface area contributed by atoms with E-state index in [2.05, 4.69) is 5.32 Å². The number of para-hydroxylation sites is 1. The summed E-state index contributed by atoms with van der Waals surface area (Å²) in [6.07, 6.45) is 6.97. The van der Waals surface area contributed by atoms with Crippen molar-refractivity contribution in [3.63, 3.8) is 0 Å². The van der Waals surface area contributed by atoms with Gasteiger partial charge in [0.05, 0.1) is 14.2 Å². The van der Waals surface area contributed by atoms with Crippen molar-refractivity contribution in [2.24, 2.45) is 0 Å². The first-order chi connectivity index (χ1) is 11.2. The Hall–Kier alpha value is -2.48. The molecule has 0 atom stereocenters. The number of benzene rings is 1. The van der Waals surface area contributed by atoms with Crippen LogP contribution >= 0.6 is 0 Å². The first-order valence-corrected chi connectivity index (χ1v) is 7.83. The van der Waals surface area contributed by atoms with Gasteiger partial charge in [0.25, 0.3) is 5.91 Å². The fourth-order valence-corrected chi connectivity index (χ4v) is 2.84. The van der Waals surface area contributed by atoms with Crippen LogP contribution in [-0.4, -0.2) is 26.2 Å². The summed E-state index contributed by atoms with van der Waals surface area (Å²) in [6.45, 7) is 0. The second-order valence-corrected chi connectivity index (χ2v) is 5.56. The van der Waals surface area contributed by atoms with Crippen LogP contribution in [0.15, 0.2) is 23.8 Å². The molecule has 0 unspecified atom stereocenters. The number of rotatable bonds is 5. The largest absolute Gasteiger partial charge is 0.493 e. The van der Waals surface area contributed by atoms with Gasteiger partial charge in [-0.2, -0.15) is 5.26 Å². The van der Waals surface area contributed by atoms with Gasteiger partial charge in [-0.3, -0.25) is 4.79 Å². The molecule has 0 spiro atoms. The highest BCUT2D eigenvalue weighted by Gasteiger charge is 2.19. The Labute approximate surface area is 136 Å². The minimum absolute atomic E-state index is 0.0714. The number of nitriles is 1. The minimum atomic E-state index is -0.329. The Morgan fingerprint density at radius 1 is 1.26 bits per heavy atom. The minimum Gasteiger partial charge on any atom is -0.493 e. The molecule has 0 saturated heterocycles. The SMILES string of the molecule is COc1cccc(/C=C(\C#N)C(=O)NC2CCCCC2)c1OC. The third kappa shape index (κ3) is 4.26. The molecule has 1 aliphatic carbocycles. The number of hydrogen-bond donors (Lipinski definition) is 1. The van der Waals surface area contributed by atoms with Crippen molar-refractivity contribution in [3.05, 3.63) is 29.3 Å². The molecule has 1 aromatic rings. The van der Waals surface area contributed by atoms with E-state index >= 15 is 0 Å². The van der Waals surface area contributed by atoms with E-state index in [0.29, 0.717) is 17.1 Å². The quantitative estimate of drug-likeness (QED) is 0.670. The van der Waals surface area contributed by atoms with Crippen molar-refractivity contribution >= 4 is 12.0 Å². The van der Waals surface area contributed by atoms with E-state index in [1.54, 1.807) is 31.4 Å². The zero-order valence-electron chi connectivity index (χ0n) is 13.6. The topological polar surface area (TPSA) is 71.3 Å². The molecule has 5 nitrogen and oxygen atoms in total. The van der Waals surface area contributed by atoms with Gasteiger partial charge in [0.2, 0.25) is 0 Å². The van der Waals surface area contributed by atoms with Crippen LogP contribution in [0, 0.1) is 11.3 Å². The van der Waals surface area contributed by atoms with E-state index < -0.39 is 0 Å². The summed E-state index contributed by atoms with van der Waals surface area (Å²) in [7, 11) is 3.08. The molecule has 1 amide bonds. The summed E-state index contributed by atoms with van der Waals surface area (Å²) >= 11 is 0. The summed E-state index contributed by atoms with van der Waals surface area (Å²) in [5.74, 6) is 0.740. The summed E-state index contributed by atoms with van der Waals surface area (Å²) in [4.78, 5) is 12.3. The lowest BCUT2D eigenvalue weighted by atomic mass is 9.95. The molecule has 2 rings (SSSR count). The summed E-state index contributed by atoms with van der Waals surface area (Å²) in [5.41, 5.74) is 0.712. The maximum absolute atomic E-state index is 12.3. The first kappa shape index (κ1) is 16.9. The van der Waals surface area contributed by atoms with Crippen molar-refractivity contribution in [2.45, 2.75) is 38.1 Å². The molecule has 0 radical (unpaired) electrons. The van der Waals surface area contributed by atoms with Crippen LogP contribution in [0.4, 0.5) is 0 Å². The number of methoxy groups -OCH3 is 2. The highest BCUT2D eigenvalue weighted by atomic mass is 16.5. The molecule has 0 bridgehead atoms. The average Bonchev–Trinajstić information content (AvgIpc) is 2.59. The standard InChI is InChI=1S/C18H22N2O3/c1-22-16-10-6-7-13(17(16)23-2)11-14(12-19)18(21)20-15-8-4-3-5-9-15/h6-7,10-11,15H,3-5,8-9H2,1-2H3,(H,20,21)/b14-11+. The van der Waals surface area contributed by atoms with Gasteiger partial charge >= 0.3 is 0 Å². The van der Waals surface area contributed by atoms with E-state index in [9.17, 15) is 10.1 Å². The Balaban J connectivity index is 2.21. The van der Waals surface area contributed by atoms with Crippen LogP contribution in [-0.2, 0) is 4.79 Å². The molecule has 0 aliphatic heterocycles. The summed E-state index contributed by atoms with van der Waals surface area (Å²) in [6, 6.07) is 7.49. The Kier molecular flexibility index (Phi) is 6.04. The molecule has 1 aliphatic rings. The molecule has 23 heavy (non-hydrogen) atoms. The first-order valence-electron chi connectivity index (χ1n) is 7.83. The zero-order valence-corrected chi connectivity index (χ0v) is 13.6. The van der Waals surface area contributed by atoms with Gasteiger partial charge in [-0.15, -0.1) is 0 Å². The highest BCUT2D eigenvalue weighted by Crippen LogP contribution is 2.32. The van der Waals surface area contributed by atoms with Crippen LogP contribution in [0.1, 0.15) is 37.7 Å². The van der Waals surface area contributed by atoms with Crippen LogP contribution in [0.2, 0.25) is 0 Å². The van der Waals surface area contributed by atoms with Crippen molar-refractivity contribution < 1.29 is 14.3 Å². The third-order valence-corrected chi connectivity index (χ3v) is 4.04. The summed E-state index contributed by atoms with van der Waals surface area (Å²) < 4.78 is 10.6. The maximum atomic E-state index is 12.3. The van der Waals surface area contributed by atoms with Crippen molar-refractivity contribution in [3.8, 4) is 17.6 Å². The fraction of sp³-hybridized carbons (Fsp3) is 0.444. The van der Waals surface area contributed by atoms with Crippen molar-refractivity contribution in [2.75, 3.05) is 14.2 Å². The molecule has 1 N–H and O–H groups in total. The molecule has 1 aromatic carbocycles. The molecule has 0 heterocycles. The average molecular weight is 314 g/mol. The van der Waals surface area contributed by atoms with Gasteiger partial charge in [0.15, 0.2) is 11.5 Å². The number of amides is 1. The van der Waals surface area contributed by atoms with Gasteiger partial charge in [-0.25, -0.2) is 0 Å². The smallest absolute Gasteiger partial charge is 0.262 e. The number of nitrogens with zero attached hydrogens (tertiary/aromatic N) is 1. The van der Waals surface area contributed by atoms with Crippen LogP contribution in [0.25, 0.3) is 6.08 Å².